The van der Waals surface area contributed by atoms with Crippen molar-refractivity contribution in [3.05, 3.63) is 58.6 Å². The summed E-state index contributed by atoms with van der Waals surface area (Å²) in [6.45, 7) is 0.429. The van der Waals surface area contributed by atoms with E-state index in [4.69, 9.17) is 4.74 Å². The van der Waals surface area contributed by atoms with Gasteiger partial charge in [0.15, 0.2) is 0 Å². The lowest BCUT2D eigenvalue weighted by atomic mass is 10.2. The maximum Gasteiger partial charge on any atom is 0.235 e. The van der Waals surface area contributed by atoms with Crippen molar-refractivity contribution < 1.29 is 13.2 Å². The van der Waals surface area contributed by atoms with E-state index in [0.717, 1.165) is 22.9 Å². The van der Waals surface area contributed by atoms with E-state index < -0.39 is 10.0 Å². The van der Waals surface area contributed by atoms with Crippen LogP contribution in [0.3, 0.4) is 0 Å². The zero-order valence-corrected chi connectivity index (χ0v) is 14.2. The first-order chi connectivity index (χ1) is 10.5. The van der Waals surface area contributed by atoms with Gasteiger partial charge in [0.1, 0.15) is 12.4 Å². The predicted molar refractivity (Wildman–Crippen MR) is 90.5 cm³/mol. The molecule has 3 rings (SSSR count). The Morgan fingerprint density at radius 2 is 1.86 bits per heavy atom. The lowest BCUT2D eigenvalue weighted by Crippen LogP contribution is -2.17. The van der Waals surface area contributed by atoms with Crippen LogP contribution in [0.4, 0.5) is 5.69 Å². The van der Waals surface area contributed by atoms with E-state index in [-0.39, 0.29) is 5.25 Å². The molecular formula is C16H16BrNO3S. The minimum atomic E-state index is -3.26. The fraction of sp³-hybridized carbons (Fsp3) is 0.250. The van der Waals surface area contributed by atoms with Gasteiger partial charge in [-0.05, 0) is 46.5 Å². The molecule has 116 valence electrons. The van der Waals surface area contributed by atoms with Gasteiger partial charge in [-0.3, -0.25) is 4.72 Å². The van der Waals surface area contributed by atoms with E-state index in [0.29, 0.717) is 18.0 Å². The summed E-state index contributed by atoms with van der Waals surface area (Å²) >= 11 is 3.42. The van der Waals surface area contributed by atoms with E-state index in [1.807, 2.05) is 30.3 Å². The maximum absolute atomic E-state index is 12.0. The lowest BCUT2D eigenvalue weighted by Gasteiger charge is -2.12. The lowest BCUT2D eigenvalue weighted by molar-refractivity contribution is 0.304. The molecule has 0 bridgehead atoms. The molecule has 1 fully saturated rings. The van der Waals surface area contributed by atoms with Crippen molar-refractivity contribution in [1.82, 2.24) is 0 Å². The van der Waals surface area contributed by atoms with Gasteiger partial charge in [-0.25, -0.2) is 8.42 Å². The van der Waals surface area contributed by atoms with Gasteiger partial charge >= 0.3 is 0 Å². The second-order valence-corrected chi connectivity index (χ2v) is 8.08. The number of halogens is 1. The molecule has 0 saturated heterocycles. The molecule has 1 aliphatic carbocycles. The maximum atomic E-state index is 12.0. The molecule has 1 aliphatic rings. The van der Waals surface area contributed by atoms with Gasteiger partial charge in [0.2, 0.25) is 10.0 Å². The van der Waals surface area contributed by atoms with Gasteiger partial charge in [0.25, 0.3) is 0 Å². The molecule has 2 aromatic carbocycles. The molecule has 22 heavy (non-hydrogen) atoms. The first kappa shape index (κ1) is 15.4. The molecule has 4 nitrogen and oxygen atoms in total. The number of nitrogens with one attached hydrogen (secondary N) is 1. The Balaban J connectivity index is 1.72. The molecule has 0 amide bonds. The first-order valence-electron chi connectivity index (χ1n) is 7.02. The highest BCUT2D eigenvalue weighted by Crippen LogP contribution is 2.33. The average molecular weight is 382 g/mol. The number of sulfonamides is 1. The van der Waals surface area contributed by atoms with Crippen LogP contribution in [0.1, 0.15) is 18.4 Å². The highest BCUT2D eigenvalue weighted by atomic mass is 79.9. The summed E-state index contributed by atoms with van der Waals surface area (Å²) in [5.41, 5.74) is 1.58. The highest BCUT2D eigenvalue weighted by molar-refractivity contribution is 9.10. The Labute approximate surface area is 138 Å². The van der Waals surface area contributed by atoms with Crippen molar-refractivity contribution in [3.63, 3.8) is 0 Å². The average Bonchev–Trinajstić information content (AvgIpc) is 3.34. The van der Waals surface area contributed by atoms with Crippen LogP contribution in [0.25, 0.3) is 0 Å². The predicted octanol–water partition coefficient (Wildman–Crippen LogP) is 3.93. The van der Waals surface area contributed by atoms with Crippen molar-refractivity contribution in [2.45, 2.75) is 24.7 Å². The molecular weight excluding hydrogens is 366 g/mol. The molecule has 0 radical (unpaired) electrons. The SMILES string of the molecule is O=S(=O)(Nc1ccc(Br)c(OCc2ccccc2)c1)C1CC1. The quantitative estimate of drug-likeness (QED) is 0.824. The van der Waals surface area contributed by atoms with Crippen LogP contribution in [-0.4, -0.2) is 13.7 Å². The highest BCUT2D eigenvalue weighted by Gasteiger charge is 2.35. The first-order valence-corrected chi connectivity index (χ1v) is 9.36. The molecule has 1 saturated carbocycles. The van der Waals surface area contributed by atoms with Crippen LogP contribution < -0.4 is 9.46 Å². The molecule has 0 aliphatic heterocycles. The number of hydrogen-bond donors (Lipinski definition) is 1. The van der Waals surface area contributed by atoms with Crippen LogP contribution in [0.15, 0.2) is 53.0 Å². The number of anilines is 1. The van der Waals surface area contributed by atoms with Crippen LogP contribution in [0.5, 0.6) is 5.75 Å². The summed E-state index contributed by atoms with van der Waals surface area (Å²) in [5.74, 6) is 0.611. The van der Waals surface area contributed by atoms with E-state index in [1.54, 1.807) is 18.2 Å². The Morgan fingerprint density at radius 1 is 1.14 bits per heavy atom. The molecule has 1 N–H and O–H groups in total. The molecule has 0 spiro atoms. The van der Waals surface area contributed by atoms with Gasteiger partial charge in [-0.1, -0.05) is 30.3 Å². The largest absolute Gasteiger partial charge is 0.488 e. The Morgan fingerprint density at radius 3 is 2.55 bits per heavy atom. The van der Waals surface area contributed by atoms with Crippen LogP contribution in [-0.2, 0) is 16.6 Å². The van der Waals surface area contributed by atoms with Crippen molar-refractivity contribution in [2.75, 3.05) is 4.72 Å². The number of benzene rings is 2. The molecule has 0 heterocycles. The van der Waals surface area contributed by atoms with E-state index in [9.17, 15) is 8.42 Å². The second kappa shape index (κ2) is 6.30. The van der Waals surface area contributed by atoms with Crippen molar-refractivity contribution in [3.8, 4) is 5.75 Å². The van der Waals surface area contributed by atoms with Gasteiger partial charge in [-0.15, -0.1) is 0 Å². The van der Waals surface area contributed by atoms with Crippen LogP contribution in [0, 0.1) is 0 Å². The standard InChI is InChI=1S/C16H16BrNO3S/c17-15-9-6-13(18-22(19,20)14-7-8-14)10-16(15)21-11-12-4-2-1-3-5-12/h1-6,9-10,14,18H,7-8,11H2. The number of ether oxygens (including phenoxy) is 1. The summed E-state index contributed by atoms with van der Waals surface area (Å²) in [4.78, 5) is 0. The van der Waals surface area contributed by atoms with E-state index in [1.165, 1.54) is 0 Å². The Hall–Kier alpha value is -1.53. The fourth-order valence-electron chi connectivity index (χ4n) is 2.04. The minimum Gasteiger partial charge on any atom is -0.488 e. The number of rotatable bonds is 6. The zero-order valence-electron chi connectivity index (χ0n) is 11.8. The van der Waals surface area contributed by atoms with Gasteiger partial charge < -0.3 is 4.74 Å². The van der Waals surface area contributed by atoms with Crippen LogP contribution >= 0.6 is 15.9 Å². The molecule has 0 aromatic heterocycles. The third-order valence-corrected chi connectivity index (χ3v) is 5.92. The van der Waals surface area contributed by atoms with Crippen LogP contribution in [0.2, 0.25) is 0 Å². The third kappa shape index (κ3) is 3.81. The molecule has 0 unspecified atom stereocenters. The third-order valence-electron chi connectivity index (χ3n) is 3.39. The summed E-state index contributed by atoms with van der Waals surface area (Å²) in [6.07, 6.45) is 1.48. The van der Waals surface area contributed by atoms with Gasteiger partial charge in [-0.2, -0.15) is 0 Å². The van der Waals surface area contributed by atoms with Crippen molar-refractivity contribution in [2.24, 2.45) is 0 Å². The van der Waals surface area contributed by atoms with E-state index >= 15 is 0 Å². The molecule has 0 atom stereocenters. The zero-order chi connectivity index (χ0) is 15.6. The fourth-order valence-corrected chi connectivity index (χ4v) is 3.78. The monoisotopic (exact) mass is 381 g/mol. The number of hydrogen-bond acceptors (Lipinski definition) is 3. The summed E-state index contributed by atoms with van der Waals surface area (Å²) in [6, 6.07) is 15.0. The Kier molecular flexibility index (Phi) is 4.40. The molecule has 6 heteroatoms. The second-order valence-electron chi connectivity index (χ2n) is 5.27. The van der Waals surface area contributed by atoms with Gasteiger partial charge in [0.05, 0.1) is 15.4 Å². The summed E-state index contributed by atoms with van der Waals surface area (Å²) < 4.78 is 33.1. The minimum absolute atomic E-state index is 0.246. The summed E-state index contributed by atoms with van der Waals surface area (Å²) in [7, 11) is -3.26. The van der Waals surface area contributed by atoms with E-state index in [2.05, 4.69) is 20.7 Å². The van der Waals surface area contributed by atoms with Crippen molar-refractivity contribution in [1.29, 1.82) is 0 Å². The summed E-state index contributed by atoms with van der Waals surface area (Å²) in [5, 5.41) is -0.246. The normalized spacial score (nSPS) is 14.6. The van der Waals surface area contributed by atoms with Gasteiger partial charge in [0, 0.05) is 6.07 Å². The molecule has 2 aromatic rings. The van der Waals surface area contributed by atoms with Crippen molar-refractivity contribution >= 4 is 31.6 Å². The Bertz CT molecular complexity index is 758. The topological polar surface area (TPSA) is 55.4 Å². The smallest absolute Gasteiger partial charge is 0.235 e.